The standard InChI is InChI=1S/C13H19F2NO3S/c14-13(15,20(16)18)7-19-11(17)12-4-8-1-9(5-12)3-10(2-8)6-12/h8-10H,1-7,16H2. The van der Waals surface area contributed by atoms with E-state index in [-0.39, 0.29) is 0 Å². The lowest BCUT2D eigenvalue weighted by atomic mass is 9.49. The van der Waals surface area contributed by atoms with Crippen molar-refractivity contribution in [1.29, 1.82) is 0 Å². The summed E-state index contributed by atoms with van der Waals surface area (Å²) < 4.78 is 41.8. The lowest BCUT2D eigenvalue weighted by molar-refractivity contribution is -0.176. The van der Waals surface area contributed by atoms with Crippen LogP contribution in [0.4, 0.5) is 8.78 Å². The van der Waals surface area contributed by atoms with E-state index in [0.29, 0.717) is 17.8 Å². The van der Waals surface area contributed by atoms with Gasteiger partial charge in [0, 0.05) is 0 Å². The zero-order valence-electron chi connectivity index (χ0n) is 11.1. The van der Waals surface area contributed by atoms with Crippen molar-refractivity contribution < 1.29 is 22.5 Å². The number of hydrogen-bond acceptors (Lipinski definition) is 3. The van der Waals surface area contributed by atoms with Crippen LogP contribution in [-0.4, -0.2) is 22.0 Å². The number of rotatable bonds is 4. The minimum atomic E-state index is -3.67. The summed E-state index contributed by atoms with van der Waals surface area (Å²) in [5, 5.41) is 1.02. The van der Waals surface area contributed by atoms with Gasteiger partial charge in [0.1, 0.15) is 0 Å². The van der Waals surface area contributed by atoms with E-state index >= 15 is 0 Å². The van der Waals surface area contributed by atoms with Crippen molar-refractivity contribution in [2.75, 3.05) is 6.61 Å². The fraction of sp³-hybridized carbons (Fsp3) is 0.923. The Hall–Kier alpha value is -0.560. The molecule has 4 aliphatic carbocycles. The van der Waals surface area contributed by atoms with Gasteiger partial charge in [-0.1, -0.05) is 0 Å². The molecule has 20 heavy (non-hydrogen) atoms. The number of halogens is 2. The minimum Gasteiger partial charge on any atom is -0.458 e. The summed E-state index contributed by atoms with van der Waals surface area (Å²) in [5.74, 6) is 1.08. The first-order valence-corrected chi connectivity index (χ1v) is 8.23. The van der Waals surface area contributed by atoms with E-state index in [1.807, 2.05) is 0 Å². The number of carbonyl (C=O) groups excluding carboxylic acids is 1. The highest BCUT2D eigenvalue weighted by Gasteiger charge is 2.56. The van der Waals surface area contributed by atoms with Gasteiger partial charge >= 0.3 is 11.2 Å². The Kier molecular flexibility index (Phi) is 3.40. The van der Waals surface area contributed by atoms with E-state index in [1.165, 1.54) is 0 Å². The molecule has 4 aliphatic rings. The molecule has 1 atom stereocenters. The molecule has 2 N–H and O–H groups in total. The molecular weight excluding hydrogens is 288 g/mol. The normalized spacial score (nSPS) is 40.6. The van der Waals surface area contributed by atoms with Gasteiger partial charge in [-0.05, 0) is 56.3 Å². The van der Waals surface area contributed by atoms with Gasteiger partial charge in [-0.3, -0.25) is 4.79 Å². The molecule has 0 aromatic heterocycles. The van der Waals surface area contributed by atoms with Crippen LogP contribution in [0.3, 0.4) is 0 Å². The third-order valence-electron chi connectivity index (χ3n) is 5.14. The van der Waals surface area contributed by atoms with E-state index < -0.39 is 34.2 Å². The number of nitrogens with two attached hydrogens (primary N) is 1. The molecule has 0 aromatic carbocycles. The van der Waals surface area contributed by atoms with Gasteiger partial charge in [0.25, 0.3) is 0 Å². The Morgan fingerprint density at radius 2 is 1.65 bits per heavy atom. The van der Waals surface area contributed by atoms with E-state index in [2.05, 4.69) is 0 Å². The van der Waals surface area contributed by atoms with Crippen molar-refractivity contribution in [3.63, 3.8) is 0 Å². The van der Waals surface area contributed by atoms with Crippen molar-refractivity contribution in [2.45, 2.75) is 43.8 Å². The summed E-state index contributed by atoms with van der Waals surface area (Å²) in [4.78, 5) is 12.3. The Balaban J connectivity index is 1.67. The first kappa shape index (κ1) is 14.4. The van der Waals surface area contributed by atoms with E-state index in [9.17, 15) is 17.8 Å². The molecule has 0 heterocycles. The van der Waals surface area contributed by atoms with Crippen LogP contribution in [0, 0.1) is 23.2 Å². The average molecular weight is 307 g/mol. The molecular formula is C13H19F2NO3S. The van der Waals surface area contributed by atoms with Crippen molar-refractivity contribution in [1.82, 2.24) is 0 Å². The van der Waals surface area contributed by atoms with Crippen LogP contribution < -0.4 is 5.14 Å². The highest BCUT2D eigenvalue weighted by atomic mass is 32.2. The molecule has 0 radical (unpaired) electrons. The van der Waals surface area contributed by atoms with Gasteiger partial charge in [-0.25, -0.2) is 9.35 Å². The largest absolute Gasteiger partial charge is 0.458 e. The molecule has 1 unspecified atom stereocenters. The molecule has 4 rings (SSSR count). The zero-order valence-corrected chi connectivity index (χ0v) is 12.0. The summed E-state index contributed by atoms with van der Waals surface area (Å²) in [5.41, 5.74) is -0.569. The van der Waals surface area contributed by atoms with Gasteiger partial charge < -0.3 is 4.74 Å². The second-order valence-corrected chi connectivity index (χ2v) is 7.90. The maximum atomic E-state index is 13.2. The first-order chi connectivity index (χ1) is 9.31. The number of alkyl halides is 2. The summed E-state index contributed by atoms with van der Waals surface area (Å²) in [6.45, 7) is -1.18. The quantitative estimate of drug-likeness (QED) is 0.807. The molecule has 0 amide bonds. The van der Waals surface area contributed by atoms with E-state index in [1.54, 1.807) is 0 Å². The van der Waals surface area contributed by atoms with Gasteiger partial charge in [-0.2, -0.15) is 8.78 Å². The zero-order chi connectivity index (χ0) is 14.5. The monoisotopic (exact) mass is 307 g/mol. The van der Waals surface area contributed by atoms with E-state index in [0.717, 1.165) is 38.5 Å². The number of esters is 1. The molecule has 4 nitrogen and oxygen atoms in total. The minimum absolute atomic E-state index is 0.540. The Labute approximate surface area is 119 Å². The van der Waals surface area contributed by atoms with Crippen LogP contribution >= 0.6 is 0 Å². The van der Waals surface area contributed by atoms with Gasteiger partial charge in [0.15, 0.2) is 17.6 Å². The summed E-state index contributed by atoms with van der Waals surface area (Å²) in [6.07, 6.45) is 5.76. The van der Waals surface area contributed by atoms with Crippen LogP contribution in [0.2, 0.25) is 0 Å². The number of ether oxygens (including phenoxy) is 1. The predicted octanol–water partition coefficient (Wildman–Crippen LogP) is 1.96. The smallest absolute Gasteiger partial charge is 0.367 e. The SMILES string of the molecule is NS(=O)C(F)(F)COC(=O)C12CC3CC(CC(C3)C1)C2. The van der Waals surface area contributed by atoms with Crippen molar-refractivity contribution in [3.8, 4) is 0 Å². The number of hydrogen-bond donors (Lipinski definition) is 1. The van der Waals surface area contributed by atoms with Crippen molar-refractivity contribution in [3.05, 3.63) is 0 Å². The van der Waals surface area contributed by atoms with Gasteiger partial charge in [0.05, 0.1) is 5.41 Å². The van der Waals surface area contributed by atoms with Crippen LogP contribution in [0.1, 0.15) is 38.5 Å². The molecule has 0 spiro atoms. The van der Waals surface area contributed by atoms with Crippen LogP contribution in [-0.2, 0) is 20.5 Å². The molecule has 4 saturated carbocycles. The highest BCUT2D eigenvalue weighted by molar-refractivity contribution is 7.83. The molecule has 7 heteroatoms. The third-order valence-corrected chi connectivity index (χ3v) is 5.84. The summed E-state index contributed by atoms with van der Waals surface area (Å²) in [6, 6.07) is 0. The lowest BCUT2D eigenvalue weighted by Crippen LogP contribution is -2.51. The fourth-order valence-electron chi connectivity index (χ4n) is 4.72. The molecule has 4 fully saturated rings. The Bertz CT molecular complexity index is 420. The van der Waals surface area contributed by atoms with Crippen LogP contribution in [0.15, 0.2) is 0 Å². The molecule has 114 valence electrons. The average Bonchev–Trinajstić information content (AvgIpc) is 2.34. The Morgan fingerprint density at radius 1 is 1.20 bits per heavy atom. The summed E-state index contributed by atoms with van der Waals surface area (Å²) >= 11 is 0. The highest BCUT2D eigenvalue weighted by Crippen LogP contribution is 2.60. The van der Waals surface area contributed by atoms with Gasteiger partial charge in [-0.15, -0.1) is 0 Å². The second-order valence-electron chi connectivity index (χ2n) is 6.71. The maximum absolute atomic E-state index is 13.2. The fourth-order valence-corrected chi connectivity index (χ4v) is 4.90. The molecule has 0 aliphatic heterocycles. The van der Waals surface area contributed by atoms with Crippen molar-refractivity contribution >= 4 is 17.0 Å². The molecule has 4 bridgehead atoms. The second kappa shape index (κ2) is 4.73. The third kappa shape index (κ3) is 2.39. The van der Waals surface area contributed by atoms with E-state index in [4.69, 9.17) is 9.88 Å². The molecule has 0 aromatic rings. The topological polar surface area (TPSA) is 69.4 Å². The predicted molar refractivity (Wildman–Crippen MR) is 68.8 cm³/mol. The van der Waals surface area contributed by atoms with Gasteiger partial charge in [0.2, 0.25) is 0 Å². The maximum Gasteiger partial charge on any atom is 0.367 e. The molecule has 0 saturated heterocycles. The lowest BCUT2D eigenvalue weighted by Gasteiger charge is -2.55. The Morgan fingerprint density at radius 3 is 2.05 bits per heavy atom. The van der Waals surface area contributed by atoms with Crippen LogP contribution in [0.5, 0.6) is 0 Å². The van der Waals surface area contributed by atoms with Crippen LogP contribution in [0.25, 0.3) is 0 Å². The number of carbonyl (C=O) groups is 1. The van der Waals surface area contributed by atoms with Crippen molar-refractivity contribution in [2.24, 2.45) is 28.3 Å². The first-order valence-electron chi connectivity index (χ1n) is 7.02. The summed E-state index contributed by atoms with van der Waals surface area (Å²) in [7, 11) is -2.81.